The molecule has 1 saturated heterocycles. The van der Waals surface area contributed by atoms with Crippen LogP contribution < -0.4 is 9.64 Å². The highest BCUT2D eigenvalue weighted by Gasteiger charge is 2.32. The van der Waals surface area contributed by atoms with Gasteiger partial charge >= 0.3 is 6.18 Å². The van der Waals surface area contributed by atoms with Gasteiger partial charge in [-0.15, -0.1) is 0 Å². The molecule has 1 amide bonds. The molecule has 10 heteroatoms. The lowest BCUT2D eigenvalue weighted by Crippen LogP contribution is -2.49. The van der Waals surface area contributed by atoms with Crippen molar-refractivity contribution in [3.63, 3.8) is 0 Å². The number of rotatable bonds is 5. The molecule has 0 atom stereocenters. The van der Waals surface area contributed by atoms with Gasteiger partial charge in [0.25, 0.3) is 5.91 Å². The molecule has 3 rings (SSSR count). The third kappa shape index (κ3) is 5.66. The summed E-state index contributed by atoms with van der Waals surface area (Å²) in [5, 5.41) is 0. The van der Waals surface area contributed by atoms with Crippen molar-refractivity contribution in [1.29, 1.82) is 0 Å². The standard InChI is InChI=1S/C21H22BrF4N3O2/c1-13(2)12-31-19-16(10-15(22)11-27-19)20(30)29-7-5-28(6-8-29)18-4-3-14(9-17(18)23)21(24,25)26/h3-4,9-11,13H,5-8,12H2,1-2H3. The van der Waals surface area contributed by atoms with Gasteiger partial charge < -0.3 is 14.5 Å². The number of hydrogen-bond donors (Lipinski definition) is 0. The second-order valence-electron chi connectivity index (χ2n) is 7.65. The van der Waals surface area contributed by atoms with Gasteiger partial charge in [0.1, 0.15) is 11.4 Å². The first-order valence-corrected chi connectivity index (χ1v) is 10.5. The van der Waals surface area contributed by atoms with Crippen LogP contribution >= 0.6 is 15.9 Å². The molecule has 1 fully saturated rings. The highest BCUT2D eigenvalue weighted by molar-refractivity contribution is 9.10. The normalized spacial score (nSPS) is 14.8. The Labute approximate surface area is 186 Å². The summed E-state index contributed by atoms with van der Waals surface area (Å²) in [7, 11) is 0. The average Bonchev–Trinajstić information content (AvgIpc) is 2.71. The van der Waals surface area contributed by atoms with Crippen molar-refractivity contribution >= 4 is 27.5 Å². The predicted octanol–water partition coefficient (Wildman–Crippen LogP) is 5.00. The van der Waals surface area contributed by atoms with Crippen LogP contribution in [-0.2, 0) is 6.18 Å². The monoisotopic (exact) mass is 503 g/mol. The van der Waals surface area contributed by atoms with Gasteiger partial charge in [0.15, 0.2) is 0 Å². The first-order chi connectivity index (χ1) is 14.6. The van der Waals surface area contributed by atoms with Crippen LogP contribution in [0, 0.1) is 11.7 Å². The van der Waals surface area contributed by atoms with E-state index in [0.29, 0.717) is 22.7 Å². The van der Waals surface area contributed by atoms with E-state index < -0.39 is 17.6 Å². The van der Waals surface area contributed by atoms with E-state index in [1.165, 1.54) is 0 Å². The number of aromatic nitrogens is 1. The molecule has 2 heterocycles. The lowest BCUT2D eigenvalue weighted by Gasteiger charge is -2.36. The molecule has 1 aliphatic rings. The fourth-order valence-electron chi connectivity index (χ4n) is 3.20. The molecule has 31 heavy (non-hydrogen) atoms. The molecular weight excluding hydrogens is 482 g/mol. The van der Waals surface area contributed by atoms with Crippen LogP contribution in [-0.4, -0.2) is 48.6 Å². The molecule has 0 radical (unpaired) electrons. The molecule has 0 spiro atoms. The minimum absolute atomic E-state index is 0.0881. The van der Waals surface area contributed by atoms with Crippen molar-refractivity contribution in [2.75, 3.05) is 37.7 Å². The zero-order valence-electron chi connectivity index (χ0n) is 17.0. The number of amides is 1. The summed E-state index contributed by atoms with van der Waals surface area (Å²) < 4.78 is 58.9. The minimum atomic E-state index is -4.60. The van der Waals surface area contributed by atoms with Crippen molar-refractivity contribution in [2.24, 2.45) is 5.92 Å². The Hall–Kier alpha value is -2.36. The van der Waals surface area contributed by atoms with Gasteiger partial charge in [0.2, 0.25) is 5.88 Å². The summed E-state index contributed by atoms with van der Waals surface area (Å²) in [5.41, 5.74) is -0.618. The van der Waals surface area contributed by atoms with Gasteiger partial charge in [0.05, 0.1) is 17.9 Å². The van der Waals surface area contributed by atoms with E-state index in [4.69, 9.17) is 4.74 Å². The summed E-state index contributed by atoms with van der Waals surface area (Å²) >= 11 is 3.32. The molecule has 0 unspecified atom stereocenters. The smallest absolute Gasteiger partial charge is 0.416 e. The summed E-state index contributed by atoms with van der Waals surface area (Å²) in [6.07, 6.45) is -3.05. The number of carbonyl (C=O) groups excluding carboxylic acids is 1. The van der Waals surface area contributed by atoms with Gasteiger partial charge in [-0.3, -0.25) is 4.79 Å². The first kappa shape index (κ1) is 23.3. The largest absolute Gasteiger partial charge is 0.477 e. The maximum atomic E-state index is 14.3. The Bertz CT molecular complexity index is 945. The van der Waals surface area contributed by atoms with E-state index in [-0.39, 0.29) is 49.6 Å². The summed E-state index contributed by atoms with van der Waals surface area (Å²) in [6.45, 7) is 5.54. The van der Waals surface area contributed by atoms with Crippen LogP contribution in [0.4, 0.5) is 23.2 Å². The van der Waals surface area contributed by atoms with Crippen LogP contribution in [0.5, 0.6) is 5.88 Å². The van der Waals surface area contributed by atoms with E-state index in [1.807, 2.05) is 13.8 Å². The van der Waals surface area contributed by atoms with Crippen LogP contribution in [0.25, 0.3) is 0 Å². The first-order valence-electron chi connectivity index (χ1n) is 9.75. The van der Waals surface area contributed by atoms with Gasteiger partial charge in [-0.1, -0.05) is 13.8 Å². The van der Waals surface area contributed by atoms with Crippen molar-refractivity contribution in [3.05, 3.63) is 51.9 Å². The quantitative estimate of drug-likeness (QED) is 0.538. The maximum Gasteiger partial charge on any atom is 0.416 e. The van der Waals surface area contributed by atoms with Crippen molar-refractivity contribution in [3.8, 4) is 5.88 Å². The second kappa shape index (κ2) is 9.42. The number of pyridine rings is 1. The Kier molecular flexibility index (Phi) is 7.08. The Morgan fingerprint density at radius 2 is 1.87 bits per heavy atom. The number of carbonyl (C=O) groups is 1. The number of anilines is 1. The topological polar surface area (TPSA) is 45.7 Å². The molecule has 1 aromatic heterocycles. The lowest BCUT2D eigenvalue weighted by atomic mass is 10.1. The van der Waals surface area contributed by atoms with Gasteiger partial charge in [0, 0.05) is 36.8 Å². The summed E-state index contributed by atoms with van der Waals surface area (Å²) in [4.78, 5) is 20.5. The predicted molar refractivity (Wildman–Crippen MR) is 112 cm³/mol. The van der Waals surface area contributed by atoms with Crippen LogP contribution in [0.3, 0.4) is 0 Å². The van der Waals surface area contributed by atoms with E-state index in [9.17, 15) is 22.4 Å². The van der Waals surface area contributed by atoms with Gasteiger partial charge in [-0.25, -0.2) is 9.37 Å². The second-order valence-corrected chi connectivity index (χ2v) is 8.57. The highest BCUT2D eigenvalue weighted by atomic mass is 79.9. The molecule has 0 saturated carbocycles. The minimum Gasteiger partial charge on any atom is -0.477 e. The van der Waals surface area contributed by atoms with Crippen molar-refractivity contribution in [1.82, 2.24) is 9.88 Å². The zero-order chi connectivity index (χ0) is 22.8. The Morgan fingerprint density at radius 1 is 1.19 bits per heavy atom. The van der Waals surface area contributed by atoms with Crippen molar-refractivity contribution in [2.45, 2.75) is 20.0 Å². The number of nitrogens with zero attached hydrogens (tertiary/aromatic N) is 3. The van der Waals surface area contributed by atoms with Gasteiger partial charge in [-0.2, -0.15) is 13.2 Å². The molecule has 0 bridgehead atoms. The van der Waals surface area contributed by atoms with E-state index in [0.717, 1.165) is 12.1 Å². The number of ether oxygens (including phenoxy) is 1. The number of alkyl halides is 3. The van der Waals surface area contributed by atoms with Gasteiger partial charge in [-0.05, 0) is 46.1 Å². The molecule has 168 valence electrons. The molecule has 0 N–H and O–H groups in total. The molecule has 5 nitrogen and oxygen atoms in total. The number of piperazine rings is 1. The molecule has 1 aromatic carbocycles. The molecule has 2 aromatic rings. The fourth-order valence-corrected chi connectivity index (χ4v) is 3.53. The van der Waals surface area contributed by atoms with E-state index in [2.05, 4.69) is 20.9 Å². The van der Waals surface area contributed by atoms with E-state index in [1.54, 1.807) is 22.1 Å². The molecule has 0 aliphatic carbocycles. The Balaban J connectivity index is 1.70. The number of hydrogen-bond acceptors (Lipinski definition) is 4. The SMILES string of the molecule is CC(C)COc1ncc(Br)cc1C(=O)N1CCN(c2ccc(C(F)(F)F)cc2F)CC1. The van der Waals surface area contributed by atoms with Crippen LogP contribution in [0.1, 0.15) is 29.8 Å². The third-order valence-electron chi connectivity index (χ3n) is 4.78. The molecular formula is C21H22BrF4N3O2. The van der Waals surface area contributed by atoms with Crippen molar-refractivity contribution < 1.29 is 27.1 Å². The van der Waals surface area contributed by atoms with E-state index >= 15 is 0 Å². The lowest BCUT2D eigenvalue weighted by molar-refractivity contribution is -0.137. The maximum absolute atomic E-state index is 14.3. The number of benzene rings is 1. The van der Waals surface area contributed by atoms with Crippen LogP contribution in [0.15, 0.2) is 34.9 Å². The summed E-state index contributed by atoms with van der Waals surface area (Å²) in [6, 6.07) is 4.14. The zero-order valence-corrected chi connectivity index (χ0v) is 18.6. The number of halogens is 5. The highest BCUT2D eigenvalue weighted by Crippen LogP contribution is 2.32. The Morgan fingerprint density at radius 3 is 2.45 bits per heavy atom. The fraction of sp³-hybridized carbons (Fsp3) is 0.429. The summed E-state index contributed by atoms with van der Waals surface area (Å²) in [5.74, 6) is -0.691. The van der Waals surface area contributed by atoms with Crippen LogP contribution in [0.2, 0.25) is 0 Å². The third-order valence-corrected chi connectivity index (χ3v) is 5.22. The average molecular weight is 504 g/mol. The molecule has 1 aliphatic heterocycles.